The molecule has 1 aromatic heterocycles. The van der Waals surface area contributed by atoms with Gasteiger partial charge in [-0.05, 0) is 30.2 Å². The Morgan fingerprint density at radius 3 is 2.38 bits per heavy atom. The summed E-state index contributed by atoms with van der Waals surface area (Å²) in [5, 5.41) is 5.28. The molecule has 0 atom stereocenters. The van der Waals surface area contributed by atoms with E-state index in [0.29, 0.717) is 5.69 Å². The van der Waals surface area contributed by atoms with Gasteiger partial charge >= 0.3 is 12.1 Å². The van der Waals surface area contributed by atoms with Gasteiger partial charge in [-0.25, -0.2) is 0 Å². The first-order valence-electron chi connectivity index (χ1n) is 5.95. The molecule has 21 heavy (non-hydrogen) atoms. The number of aromatic amines is 1. The number of nitrogens with one attached hydrogen (secondary N) is 1. The number of hydrogen-bond donors (Lipinski definition) is 2. The van der Waals surface area contributed by atoms with Crippen LogP contribution in [0.15, 0.2) is 24.3 Å². The largest absolute Gasteiger partial charge is 0.459 e. The number of nitrogens with two attached hydrogens (primary N) is 1. The average Bonchev–Trinajstić information content (AvgIpc) is 2.81. The van der Waals surface area contributed by atoms with Gasteiger partial charge in [-0.15, -0.1) is 0 Å². The summed E-state index contributed by atoms with van der Waals surface area (Å²) in [6.07, 6.45) is -5.51. The summed E-state index contributed by atoms with van der Waals surface area (Å²) in [7, 11) is 0. The number of rotatable bonds is 3. The lowest BCUT2D eigenvalue weighted by Crippen LogP contribution is -2.34. The van der Waals surface area contributed by atoms with Crippen LogP contribution in [0.25, 0.3) is 0 Å². The molecule has 1 aromatic carbocycles. The van der Waals surface area contributed by atoms with E-state index in [1.807, 2.05) is 0 Å². The third kappa shape index (κ3) is 2.98. The third-order valence-electron chi connectivity index (χ3n) is 3.04. The van der Waals surface area contributed by atoms with Crippen molar-refractivity contribution in [1.29, 1.82) is 0 Å². The minimum atomic E-state index is -5.67. The lowest BCUT2D eigenvalue weighted by Gasteiger charge is -2.16. The molecule has 0 aliphatic carbocycles. The highest BCUT2D eigenvalue weighted by atomic mass is 19.4. The first kappa shape index (κ1) is 15.3. The summed E-state index contributed by atoms with van der Waals surface area (Å²) >= 11 is 0. The Morgan fingerprint density at radius 1 is 1.14 bits per heavy atom. The Labute approximate surface area is 117 Å². The van der Waals surface area contributed by atoms with Gasteiger partial charge < -0.3 is 5.73 Å². The van der Waals surface area contributed by atoms with Crippen LogP contribution in [0.4, 0.5) is 27.6 Å². The molecule has 0 saturated heterocycles. The molecule has 0 amide bonds. The van der Waals surface area contributed by atoms with Crippen LogP contribution in [0.1, 0.15) is 22.5 Å². The average molecular weight is 305 g/mol. The van der Waals surface area contributed by atoms with Gasteiger partial charge in [0.25, 0.3) is 0 Å². The Kier molecular flexibility index (Phi) is 3.65. The molecule has 0 aliphatic rings. The molecular weight excluding hydrogens is 293 g/mol. The predicted molar refractivity (Wildman–Crippen MR) is 66.9 cm³/mol. The van der Waals surface area contributed by atoms with Gasteiger partial charge in [0.05, 0.1) is 0 Å². The normalized spacial score (nSPS) is 12.7. The summed E-state index contributed by atoms with van der Waals surface area (Å²) < 4.78 is 62.9. The number of anilines is 1. The summed E-state index contributed by atoms with van der Waals surface area (Å²) in [4.78, 5) is 0. The van der Waals surface area contributed by atoms with Crippen LogP contribution >= 0.6 is 0 Å². The molecule has 0 radical (unpaired) electrons. The number of nitrogen functional groups attached to an aromatic ring is 1. The molecule has 0 fully saturated rings. The number of halogens is 5. The maximum atomic E-state index is 13.1. The Balaban J connectivity index is 2.22. The molecule has 0 aliphatic heterocycles. The van der Waals surface area contributed by atoms with Crippen LogP contribution in [0.2, 0.25) is 0 Å². The number of hydrogen-bond acceptors (Lipinski definition) is 2. The monoisotopic (exact) mass is 305 g/mol. The highest BCUT2D eigenvalue weighted by Gasteiger charge is 2.60. The fourth-order valence-electron chi connectivity index (χ4n) is 1.83. The minimum absolute atomic E-state index is 0.155. The van der Waals surface area contributed by atoms with Crippen LogP contribution in [0, 0.1) is 6.92 Å². The van der Waals surface area contributed by atoms with Crippen molar-refractivity contribution in [3.63, 3.8) is 0 Å². The number of nitrogens with zero attached hydrogens (tertiary/aromatic N) is 1. The lowest BCUT2D eigenvalue weighted by atomic mass is 10.1. The van der Waals surface area contributed by atoms with Crippen molar-refractivity contribution in [2.75, 3.05) is 5.73 Å². The second-order valence-electron chi connectivity index (χ2n) is 4.72. The molecule has 0 bridgehead atoms. The Morgan fingerprint density at radius 2 is 1.81 bits per heavy atom. The number of aryl methyl sites for hydroxylation is 1. The number of benzene rings is 1. The standard InChI is InChI=1S/C13H12F5N3/c1-7-4-8(2-3-10(7)19)5-9-6-11(21-20-9)12(14,15)13(16,17)18/h2-4,6H,5,19H2,1H3,(H,20,21). The molecule has 1 heterocycles. The maximum Gasteiger partial charge on any atom is 0.459 e. The zero-order chi connectivity index (χ0) is 15.8. The zero-order valence-corrected chi connectivity index (χ0v) is 10.9. The molecule has 0 spiro atoms. The van der Waals surface area contributed by atoms with E-state index in [1.165, 1.54) is 0 Å². The van der Waals surface area contributed by atoms with E-state index in [2.05, 4.69) is 10.2 Å². The van der Waals surface area contributed by atoms with Gasteiger partial charge in [-0.3, -0.25) is 5.10 Å². The summed E-state index contributed by atoms with van der Waals surface area (Å²) in [6.45, 7) is 1.77. The highest BCUT2D eigenvalue weighted by molar-refractivity contribution is 5.48. The summed E-state index contributed by atoms with van der Waals surface area (Å²) in [5.41, 5.74) is 6.58. The molecule has 8 heteroatoms. The number of aromatic nitrogens is 2. The Hall–Kier alpha value is -2.12. The van der Waals surface area contributed by atoms with E-state index >= 15 is 0 Å². The van der Waals surface area contributed by atoms with Crippen LogP contribution in [-0.4, -0.2) is 16.4 Å². The van der Waals surface area contributed by atoms with Crippen LogP contribution in [-0.2, 0) is 12.3 Å². The topological polar surface area (TPSA) is 54.7 Å². The lowest BCUT2D eigenvalue weighted by molar-refractivity contribution is -0.290. The van der Waals surface area contributed by atoms with Crippen LogP contribution in [0.5, 0.6) is 0 Å². The molecule has 2 aromatic rings. The zero-order valence-electron chi connectivity index (χ0n) is 10.9. The quantitative estimate of drug-likeness (QED) is 0.673. The van der Waals surface area contributed by atoms with Crippen molar-refractivity contribution in [3.8, 4) is 0 Å². The van der Waals surface area contributed by atoms with Gasteiger partial charge in [0.1, 0.15) is 5.69 Å². The van der Waals surface area contributed by atoms with E-state index in [1.54, 1.807) is 25.1 Å². The van der Waals surface area contributed by atoms with Gasteiger partial charge in [0, 0.05) is 17.8 Å². The van der Waals surface area contributed by atoms with Crippen molar-refractivity contribution < 1.29 is 22.0 Å². The first-order valence-corrected chi connectivity index (χ1v) is 5.95. The first-order chi connectivity index (χ1) is 9.61. The van der Waals surface area contributed by atoms with Crippen LogP contribution < -0.4 is 5.73 Å². The fourth-order valence-corrected chi connectivity index (χ4v) is 1.83. The van der Waals surface area contributed by atoms with Crippen molar-refractivity contribution in [1.82, 2.24) is 10.2 Å². The van der Waals surface area contributed by atoms with Gasteiger partial charge in [-0.2, -0.15) is 27.1 Å². The minimum Gasteiger partial charge on any atom is -0.399 e. The van der Waals surface area contributed by atoms with E-state index in [9.17, 15) is 22.0 Å². The highest BCUT2D eigenvalue weighted by Crippen LogP contribution is 2.43. The van der Waals surface area contributed by atoms with E-state index < -0.39 is 17.8 Å². The molecule has 3 N–H and O–H groups in total. The van der Waals surface area contributed by atoms with Gasteiger partial charge in [0.15, 0.2) is 0 Å². The van der Waals surface area contributed by atoms with E-state index in [-0.39, 0.29) is 12.1 Å². The van der Waals surface area contributed by atoms with Crippen molar-refractivity contribution in [2.24, 2.45) is 0 Å². The fraction of sp³-hybridized carbons (Fsp3) is 0.308. The van der Waals surface area contributed by atoms with Gasteiger partial charge in [-0.1, -0.05) is 12.1 Å². The molecule has 0 saturated carbocycles. The molecule has 3 nitrogen and oxygen atoms in total. The molecular formula is C13H12F5N3. The number of alkyl halides is 5. The van der Waals surface area contributed by atoms with Crippen LogP contribution in [0.3, 0.4) is 0 Å². The van der Waals surface area contributed by atoms with E-state index in [0.717, 1.165) is 17.2 Å². The Bertz CT molecular complexity index is 645. The second kappa shape index (κ2) is 5.01. The third-order valence-corrected chi connectivity index (χ3v) is 3.04. The smallest absolute Gasteiger partial charge is 0.399 e. The maximum absolute atomic E-state index is 13.1. The van der Waals surface area contributed by atoms with Gasteiger partial charge in [0.2, 0.25) is 0 Å². The van der Waals surface area contributed by atoms with Crippen molar-refractivity contribution in [2.45, 2.75) is 25.4 Å². The molecule has 2 rings (SSSR count). The predicted octanol–water partition coefficient (Wildman–Crippen LogP) is 3.55. The summed E-state index contributed by atoms with van der Waals surface area (Å²) in [6, 6.07) is 5.77. The SMILES string of the molecule is Cc1cc(Cc2cc(C(F)(F)C(F)(F)F)n[nH]2)ccc1N. The van der Waals surface area contributed by atoms with Crippen molar-refractivity contribution in [3.05, 3.63) is 46.8 Å². The van der Waals surface area contributed by atoms with Crippen molar-refractivity contribution >= 4 is 5.69 Å². The molecule has 0 unspecified atom stereocenters. The summed E-state index contributed by atoms with van der Waals surface area (Å²) in [5.74, 6) is -4.97. The van der Waals surface area contributed by atoms with E-state index in [4.69, 9.17) is 5.73 Å². The second-order valence-corrected chi connectivity index (χ2v) is 4.72. The molecule has 114 valence electrons. The number of H-pyrrole nitrogens is 1.